The first-order valence-corrected chi connectivity index (χ1v) is 6.10. The van der Waals surface area contributed by atoms with Crippen LogP contribution in [0.25, 0.3) is 10.2 Å². The van der Waals surface area contributed by atoms with Crippen molar-refractivity contribution in [2.45, 2.75) is 19.4 Å². The second-order valence-corrected chi connectivity index (χ2v) is 5.16. The summed E-state index contributed by atoms with van der Waals surface area (Å²) in [6, 6.07) is 2.48. The highest BCUT2D eigenvalue weighted by Crippen LogP contribution is 2.33. The van der Waals surface area contributed by atoms with Crippen LogP contribution >= 0.6 is 11.3 Å². The maximum Gasteiger partial charge on any atom is 0.111 e. The summed E-state index contributed by atoms with van der Waals surface area (Å²) in [7, 11) is 0. The van der Waals surface area contributed by atoms with Crippen molar-refractivity contribution in [1.82, 2.24) is 15.3 Å². The number of nitrogens with zero attached hydrogens (tertiary/aromatic N) is 2. The van der Waals surface area contributed by atoms with Crippen molar-refractivity contribution in [1.29, 1.82) is 0 Å². The van der Waals surface area contributed by atoms with E-state index in [1.807, 2.05) is 18.5 Å². The molecule has 0 amide bonds. The van der Waals surface area contributed by atoms with Crippen LogP contribution in [0.4, 0.5) is 0 Å². The van der Waals surface area contributed by atoms with Gasteiger partial charge < -0.3 is 5.32 Å². The molecular weight excluding hydrogens is 206 g/mol. The van der Waals surface area contributed by atoms with Gasteiger partial charge in [0.1, 0.15) is 5.01 Å². The molecule has 4 heteroatoms. The van der Waals surface area contributed by atoms with Gasteiger partial charge in [-0.25, -0.2) is 4.98 Å². The fourth-order valence-corrected chi connectivity index (χ4v) is 3.24. The van der Waals surface area contributed by atoms with E-state index in [0.717, 1.165) is 12.1 Å². The molecule has 1 saturated heterocycles. The number of pyridine rings is 1. The Balaban J connectivity index is 2.04. The predicted molar refractivity (Wildman–Crippen MR) is 61.9 cm³/mol. The molecule has 0 bridgehead atoms. The lowest BCUT2D eigenvalue weighted by molar-refractivity contribution is 0.502. The Kier molecular flexibility index (Phi) is 2.18. The lowest BCUT2D eigenvalue weighted by atomic mass is 10.0. The SMILES string of the molecule is CC1CCNC1c1nc2cnccc2s1. The Morgan fingerprint density at radius 1 is 1.53 bits per heavy atom. The van der Waals surface area contributed by atoms with Crippen LogP contribution in [0.5, 0.6) is 0 Å². The minimum Gasteiger partial charge on any atom is -0.308 e. The van der Waals surface area contributed by atoms with Crippen LogP contribution in [0, 0.1) is 5.92 Å². The van der Waals surface area contributed by atoms with Gasteiger partial charge in [-0.05, 0) is 24.9 Å². The van der Waals surface area contributed by atoms with E-state index in [2.05, 4.69) is 22.2 Å². The van der Waals surface area contributed by atoms with Crippen LogP contribution in [-0.2, 0) is 0 Å². The molecule has 1 aliphatic heterocycles. The predicted octanol–water partition coefficient (Wildman–Crippen LogP) is 2.36. The van der Waals surface area contributed by atoms with E-state index in [0.29, 0.717) is 12.0 Å². The monoisotopic (exact) mass is 219 g/mol. The third kappa shape index (κ3) is 1.54. The van der Waals surface area contributed by atoms with Gasteiger partial charge in [-0.15, -0.1) is 11.3 Å². The first-order valence-electron chi connectivity index (χ1n) is 5.28. The van der Waals surface area contributed by atoms with Crippen LogP contribution in [0.15, 0.2) is 18.5 Å². The van der Waals surface area contributed by atoms with E-state index < -0.39 is 0 Å². The molecule has 0 radical (unpaired) electrons. The van der Waals surface area contributed by atoms with Crippen LogP contribution < -0.4 is 5.32 Å². The smallest absolute Gasteiger partial charge is 0.111 e. The van der Waals surface area contributed by atoms with Crippen molar-refractivity contribution in [3.8, 4) is 0 Å². The van der Waals surface area contributed by atoms with E-state index in [-0.39, 0.29) is 0 Å². The summed E-state index contributed by atoms with van der Waals surface area (Å²) in [5, 5.41) is 4.72. The number of aromatic nitrogens is 2. The highest BCUT2D eigenvalue weighted by atomic mass is 32.1. The van der Waals surface area contributed by atoms with Gasteiger partial charge in [0.2, 0.25) is 0 Å². The summed E-state index contributed by atoms with van der Waals surface area (Å²) in [5.41, 5.74) is 1.03. The molecule has 2 unspecified atom stereocenters. The first-order chi connectivity index (χ1) is 7.34. The molecule has 2 aromatic heterocycles. The molecule has 3 heterocycles. The number of hydrogen-bond acceptors (Lipinski definition) is 4. The van der Waals surface area contributed by atoms with Gasteiger partial charge in [0.15, 0.2) is 0 Å². The number of thiazole rings is 1. The van der Waals surface area contributed by atoms with Crippen molar-refractivity contribution in [3.05, 3.63) is 23.5 Å². The zero-order valence-electron chi connectivity index (χ0n) is 8.60. The van der Waals surface area contributed by atoms with Gasteiger partial charge in [0, 0.05) is 6.20 Å². The second-order valence-electron chi connectivity index (χ2n) is 4.09. The van der Waals surface area contributed by atoms with Gasteiger partial charge in [0.25, 0.3) is 0 Å². The van der Waals surface area contributed by atoms with Crippen molar-refractivity contribution < 1.29 is 0 Å². The van der Waals surface area contributed by atoms with Crippen molar-refractivity contribution >= 4 is 21.6 Å². The van der Waals surface area contributed by atoms with Gasteiger partial charge >= 0.3 is 0 Å². The summed E-state index contributed by atoms with van der Waals surface area (Å²) in [6.07, 6.45) is 4.92. The fourth-order valence-electron chi connectivity index (χ4n) is 2.10. The standard InChI is InChI=1S/C11H13N3S/c1-7-2-5-13-10(7)11-14-8-6-12-4-3-9(8)15-11/h3-4,6-7,10,13H,2,5H2,1H3. The first kappa shape index (κ1) is 9.24. The van der Waals surface area contributed by atoms with Crippen molar-refractivity contribution in [3.63, 3.8) is 0 Å². The average molecular weight is 219 g/mol. The molecule has 78 valence electrons. The maximum absolute atomic E-state index is 4.64. The van der Waals surface area contributed by atoms with E-state index in [1.54, 1.807) is 11.3 Å². The van der Waals surface area contributed by atoms with Crippen molar-refractivity contribution in [2.75, 3.05) is 6.54 Å². The minimum atomic E-state index is 0.447. The van der Waals surface area contributed by atoms with Gasteiger partial charge in [-0.1, -0.05) is 6.92 Å². The minimum absolute atomic E-state index is 0.447. The molecule has 0 spiro atoms. The summed E-state index contributed by atoms with van der Waals surface area (Å²) >= 11 is 1.78. The molecular formula is C11H13N3S. The van der Waals surface area contributed by atoms with Gasteiger partial charge in [-0.3, -0.25) is 4.98 Å². The van der Waals surface area contributed by atoms with Gasteiger partial charge in [0.05, 0.1) is 22.5 Å². The summed E-state index contributed by atoms with van der Waals surface area (Å²) in [5.74, 6) is 0.693. The molecule has 1 aliphatic rings. The lowest BCUT2D eigenvalue weighted by Gasteiger charge is -2.11. The molecule has 0 aliphatic carbocycles. The molecule has 1 fully saturated rings. The summed E-state index contributed by atoms with van der Waals surface area (Å²) in [4.78, 5) is 8.73. The largest absolute Gasteiger partial charge is 0.308 e. The number of fused-ring (bicyclic) bond motifs is 1. The van der Waals surface area contributed by atoms with E-state index >= 15 is 0 Å². The topological polar surface area (TPSA) is 37.8 Å². The Morgan fingerprint density at radius 2 is 2.47 bits per heavy atom. The van der Waals surface area contributed by atoms with Crippen LogP contribution in [-0.4, -0.2) is 16.5 Å². The second kappa shape index (κ2) is 3.54. The van der Waals surface area contributed by atoms with Crippen LogP contribution in [0.1, 0.15) is 24.4 Å². The van der Waals surface area contributed by atoms with Gasteiger partial charge in [-0.2, -0.15) is 0 Å². The Bertz CT molecular complexity index is 446. The van der Waals surface area contributed by atoms with E-state index in [1.165, 1.54) is 16.1 Å². The third-order valence-corrected chi connectivity index (χ3v) is 4.12. The Morgan fingerprint density at radius 3 is 3.20 bits per heavy atom. The highest BCUT2D eigenvalue weighted by molar-refractivity contribution is 7.18. The molecule has 0 saturated carbocycles. The molecule has 15 heavy (non-hydrogen) atoms. The summed E-state index contributed by atoms with van der Waals surface area (Å²) in [6.45, 7) is 3.40. The molecule has 3 nitrogen and oxygen atoms in total. The van der Waals surface area contributed by atoms with E-state index in [4.69, 9.17) is 0 Å². The number of nitrogens with one attached hydrogen (secondary N) is 1. The average Bonchev–Trinajstić information content (AvgIpc) is 2.82. The van der Waals surface area contributed by atoms with Crippen molar-refractivity contribution in [2.24, 2.45) is 5.92 Å². The molecule has 3 rings (SSSR count). The maximum atomic E-state index is 4.64. The number of rotatable bonds is 1. The van der Waals surface area contributed by atoms with Crippen LogP contribution in [0.3, 0.4) is 0 Å². The molecule has 1 N–H and O–H groups in total. The third-order valence-electron chi connectivity index (χ3n) is 3.01. The zero-order chi connectivity index (χ0) is 10.3. The summed E-state index contributed by atoms with van der Waals surface area (Å²) < 4.78 is 1.24. The fraction of sp³-hybridized carbons (Fsp3) is 0.455. The molecule has 0 aromatic carbocycles. The molecule has 2 atom stereocenters. The Labute approximate surface area is 92.6 Å². The quantitative estimate of drug-likeness (QED) is 0.800. The van der Waals surface area contributed by atoms with Crippen LogP contribution in [0.2, 0.25) is 0 Å². The molecule has 2 aromatic rings. The Hall–Kier alpha value is -1.00. The zero-order valence-corrected chi connectivity index (χ0v) is 9.42. The normalized spacial score (nSPS) is 26.2. The lowest BCUT2D eigenvalue weighted by Crippen LogP contribution is -2.15. The highest BCUT2D eigenvalue weighted by Gasteiger charge is 2.26. The number of hydrogen-bond donors (Lipinski definition) is 1. The van der Waals surface area contributed by atoms with E-state index in [9.17, 15) is 0 Å².